The third-order valence-electron chi connectivity index (χ3n) is 4.46. The summed E-state index contributed by atoms with van der Waals surface area (Å²) >= 11 is 0. The lowest BCUT2D eigenvalue weighted by Gasteiger charge is -2.23. The Morgan fingerprint density at radius 3 is 2.88 bits per heavy atom. The smallest absolute Gasteiger partial charge is 0.256 e. The molecule has 0 unspecified atom stereocenters. The van der Waals surface area contributed by atoms with Gasteiger partial charge < -0.3 is 14.6 Å². The van der Waals surface area contributed by atoms with E-state index in [4.69, 9.17) is 4.74 Å². The normalized spacial score (nSPS) is 20.1. The van der Waals surface area contributed by atoms with Gasteiger partial charge in [-0.3, -0.25) is 9.36 Å². The molecule has 1 aliphatic rings. The number of carbonyl (C=O) groups is 1. The zero-order valence-electron chi connectivity index (χ0n) is 13.7. The summed E-state index contributed by atoms with van der Waals surface area (Å²) < 4.78 is 7.25. The number of nitrogens with one attached hydrogen (secondary N) is 1. The maximum absolute atomic E-state index is 13.0. The quantitative estimate of drug-likeness (QED) is 0.780. The summed E-state index contributed by atoms with van der Waals surface area (Å²) in [6.07, 6.45) is 10.9. The number of carbonyl (C=O) groups excluding carboxylic acids is 1. The number of amides is 1. The lowest BCUT2D eigenvalue weighted by Crippen LogP contribution is -2.32. The number of aromatic nitrogens is 5. The van der Waals surface area contributed by atoms with E-state index in [0.717, 1.165) is 12.2 Å². The number of ether oxygens (including phenoxy) is 1. The van der Waals surface area contributed by atoms with E-state index >= 15 is 0 Å². The fraction of sp³-hybridized carbons (Fsp3) is 0.294. The van der Waals surface area contributed by atoms with Crippen LogP contribution >= 0.6 is 0 Å². The second-order valence-corrected chi connectivity index (χ2v) is 5.92. The monoisotopic (exact) mass is 338 g/mol. The highest BCUT2D eigenvalue weighted by Gasteiger charge is 2.38. The van der Waals surface area contributed by atoms with Crippen molar-refractivity contribution in [3.05, 3.63) is 60.8 Å². The molecule has 0 aliphatic carbocycles. The first-order valence-corrected chi connectivity index (χ1v) is 8.03. The molecule has 3 aromatic rings. The second-order valence-electron chi connectivity index (χ2n) is 5.92. The first kappa shape index (κ1) is 15.5. The zero-order valence-corrected chi connectivity index (χ0v) is 13.7. The zero-order chi connectivity index (χ0) is 17.2. The van der Waals surface area contributed by atoms with Gasteiger partial charge in [0.1, 0.15) is 18.0 Å². The number of nitrogens with zero attached hydrogens (tertiary/aromatic N) is 5. The average molecular weight is 338 g/mol. The molecule has 2 atom stereocenters. The maximum atomic E-state index is 13.0. The number of rotatable bonds is 4. The molecule has 1 aliphatic heterocycles. The van der Waals surface area contributed by atoms with Gasteiger partial charge >= 0.3 is 0 Å². The Hall–Kier alpha value is -3.00. The number of H-pyrrole nitrogens is 1. The fourth-order valence-corrected chi connectivity index (χ4v) is 3.14. The molecule has 0 saturated carbocycles. The fourth-order valence-electron chi connectivity index (χ4n) is 3.14. The van der Waals surface area contributed by atoms with Crippen molar-refractivity contribution in [2.75, 3.05) is 13.7 Å². The van der Waals surface area contributed by atoms with Gasteiger partial charge in [0, 0.05) is 51.1 Å². The molecule has 1 saturated heterocycles. The molecule has 8 nitrogen and oxygen atoms in total. The average Bonchev–Trinajstić information content (AvgIpc) is 3.42. The van der Waals surface area contributed by atoms with Crippen LogP contribution in [0, 0.1) is 0 Å². The lowest BCUT2D eigenvalue weighted by atomic mass is 10.1. The van der Waals surface area contributed by atoms with Gasteiger partial charge in [-0.1, -0.05) is 0 Å². The molecule has 25 heavy (non-hydrogen) atoms. The van der Waals surface area contributed by atoms with Crippen LogP contribution < -0.4 is 0 Å². The number of methoxy groups -OCH3 is 1. The van der Waals surface area contributed by atoms with Crippen LogP contribution in [-0.2, 0) is 4.74 Å². The standard InChI is InChI=1S/C17H18N6O2/c1-25-13-8-14(16-19-4-5-20-16)23(10-13)17(24)12-2-3-15(21-9-12)22-7-6-18-11-22/h2-7,9,11,13-14H,8,10H2,1H3,(H,19,20)/t13-,14+/m1/s1. The minimum Gasteiger partial charge on any atom is -0.380 e. The molecule has 0 radical (unpaired) electrons. The van der Waals surface area contributed by atoms with Gasteiger partial charge in [-0.05, 0) is 12.1 Å². The number of likely N-dealkylation sites (tertiary alicyclic amines) is 1. The van der Waals surface area contributed by atoms with E-state index in [2.05, 4.69) is 19.9 Å². The van der Waals surface area contributed by atoms with E-state index in [9.17, 15) is 4.79 Å². The Morgan fingerprint density at radius 2 is 2.24 bits per heavy atom. The molecule has 1 amide bonds. The van der Waals surface area contributed by atoms with Gasteiger partial charge in [0.2, 0.25) is 0 Å². The van der Waals surface area contributed by atoms with Crippen molar-refractivity contribution in [3.8, 4) is 5.82 Å². The van der Waals surface area contributed by atoms with E-state index in [-0.39, 0.29) is 18.1 Å². The Kier molecular flexibility index (Phi) is 4.02. The molecule has 1 fully saturated rings. The summed E-state index contributed by atoms with van der Waals surface area (Å²) in [5, 5.41) is 0. The van der Waals surface area contributed by atoms with Crippen LogP contribution in [0.3, 0.4) is 0 Å². The highest BCUT2D eigenvalue weighted by Crippen LogP contribution is 2.32. The number of hydrogen-bond acceptors (Lipinski definition) is 5. The van der Waals surface area contributed by atoms with Crippen LogP contribution in [0.2, 0.25) is 0 Å². The second kappa shape index (κ2) is 6.48. The third kappa shape index (κ3) is 2.91. The first-order chi connectivity index (χ1) is 12.3. The van der Waals surface area contributed by atoms with Crippen LogP contribution in [0.1, 0.15) is 28.6 Å². The summed E-state index contributed by atoms with van der Waals surface area (Å²) in [4.78, 5) is 30.5. The number of hydrogen-bond donors (Lipinski definition) is 1. The van der Waals surface area contributed by atoms with Crippen molar-refractivity contribution in [2.24, 2.45) is 0 Å². The number of pyridine rings is 1. The molecule has 8 heteroatoms. The van der Waals surface area contributed by atoms with Crippen LogP contribution in [0.5, 0.6) is 0 Å². The first-order valence-electron chi connectivity index (χ1n) is 8.03. The van der Waals surface area contributed by atoms with Gasteiger partial charge in [-0.25, -0.2) is 15.0 Å². The number of aromatic amines is 1. The van der Waals surface area contributed by atoms with Crippen molar-refractivity contribution in [1.29, 1.82) is 0 Å². The molecule has 0 bridgehead atoms. The van der Waals surface area contributed by atoms with Crippen molar-refractivity contribution in [2.45, 2.75) is 18.6 Å². The molecule has 0 aromatic carbocycles. The predicted octanol–water partition coefficient (Wildman–Crippen LogP) is 1.59. The van der Waals surface area contributed by atoms with E-state index in [1.807, 2.05) is 0 Å². The molecular weight excluding hydrogens is 320 g/mol. The summed E-state index contributed by atoms with van der Waals surface area (Å²) in [6, 6.07) is 3.46. The van der Waals surface area contributed by atoms with Crippen molar-refractivity contribution >= 4 is 5.91 Å². The minimum atomic E-state index is -0.124. The van der Waals surface area contributed by atoms with Crippen LogP contribution in [0.15, 0.2) is 49.4 Å². The Bertz CT molecular complexity index is 829. The lowest BCUT2D eigenvalue weighted by molar-refractivity contribution is 0.0684. The summed E-state index contributed by atoms with van der Waals surface area (Å²) in [5.74, 6) is 1.41. The van der Waals surface area contributed by atoms with Crippen LogP contribution in [-0.4, -0.2) is 55.1 Å². The molecule has 3 aromatic heterocycles. The topological polar surface area (TPSA) is 88.9 Å². The largest absolute Gasteiger partial charge is 0.380 e. The Morgan fingerprint density at radius 1 is 1.32 bits per heavy atom. The molecule has 4 heterocycles. The third-order valence-corrected chi connectivity index (χ3v) is 4.46. The van der Waals surface area contributed by atoms with Crippen LogP contribution in [0.4, 0.5) is 0 Å². The summed E-state index contributed by atoms with van der Waals surface area (Å²) in [5.41, 5.74) is 0.539. The molecule has 1 N–H and O–H groups in total. The van der Waals surface area contributed by atoms with Crippen molar-refractivity contribution in [3.63, 3.8) is 0 Å². The van der Waals surface area contributed by atoms with E-state index in [1.54, 1.807) is 66.0 Å². The summed E-state index contributed by atoms with van der Waals surface area (Å²) in [6.45, 7) is 0.532. The van der Waals surface area contributed by atoms with E-state index < -0.39 is 0 Å². The highest BCUT2D eigenvalue weighted by molar-refractivity contribution is 5.94. The van der Waals surface area contributed by atoms with Crippen molar-refractivity contribution in [1.82, 2.24) is 29.4 Å². The SMILES string of the molecule is CO[C@@H]1C[C@@H](c2ncc[nH]2)N(C(=O)c2ccc(-n3ccnc3)nc2)C1. The molecule has 4 rings (SSSR count). The predicted molar refractivity (Wildman–Crippen MR) is 89.1 cm³/mol. The van der Waals surface area contributed by atoms with Gasteiger partial charge in [-0.15, -0.1) is 0 Å². The molecular formula is C17H18N6O2. The van der Waals surface area contributed by atoms with Crippen LogP contribution in [0.25, 0.3) is 5.82 Å². The van der Waals surface area contributed by atoms with Gasteiger partial charge in [0.15, 0.2) is 0 Å². The van der Waals surface area contributed by atoms with E-state index in [0.29, 0.717) is 17.9 Å². The Balaban J connectivity index is 1.58. The number of imidazole rings is 2. The summed E-state index contributed by atoms with van der Waals surface area (Å²) in [7, 11) is 1.67. The minimum absolute atomic E-state index is 0.00256. The molecule has 128 valence electrons. The van der Waals surface area contributed by atoms with E-state index in [1.165, 1.54) is 0 Å². The van der Waals surface area contributed by atoms with Gasteiger partial charge in [0.25, 0.3) is 5.91 Å². The highest BCUT2D eigenvalue weighted by atomic mass is 16.5. The van der Waals surface area contributed by atoms with Gasteiger partial charge in [-0.2, -0.15) is 0 Å². The molecule has 0 spiro atoms. The van der Waals surface area contributed by atoms with Crippen molar-refractivity contribution < 1.29 is 9.53 Å². The Labute approximate surface area is 144 Å². The maximum Gasteiger partial charge on any atom is 0.256 e. The van der Waals surface area contributed by atoms with Gasteiger partial charge in [0.05, 0.1) is 17.7 Å².